The molecule has 1 aliphatic rings. The second kappa shape index (κ2) is 5.61. The van der Waals surface area contributed by atoms with Crippen molar-refractivity contribution in [3.63, 3.8) is 0 Å². The molecule has 106 valence electrons. The van der Waals surface area contributed by atoms with Crippen LogP contribution in [0.4, 0.5) is 17.6 Å². The number of aromatic nitrogens is 2. The van der Waals surface area contributed by atoms with E-state index in [1.165, 1.54) is 0 Å². The van der Waals surface area contributed by atoms with E-state index in [4.69, 9.17) is 5.73 Å². The van der Waals surface area contributed by atoms with Gasteiger partial charge in [0.05, 0.1) is 5.60 Å². The number of nitrogen functional groups attached to an aromatic ring is 1. The molecule has 1 unspecified atom stereocenters. The summed E-state index contributed by atoms with van der Waals surface area (Å²) in [6.07, 6.45) is 2.52. The number of hydrogen-bond acceptors (Lipinski definition) is 6. The van der Waals surface area contributed by atoms with Crippen molar-refractivity contribution in [1.29, 1.82) is 0 Å². The zero-order valence-electron chi connectivity index (χ0n) is 11.7. The van der Waals surface area contributed by atoms with Gasteiger partial charge in [-0.05, 0) is 33.1 Å². The first-order valence-electron chi connectivity index (χ1n) is 6.86. The monoisotopic (exact) mass is 265 g/mol. The molecule has 0 bridgehead atoms. The lowest BCUT2D eigenvalue weighted by molar-refractivity contribution is 0.0481. The summed E-state index contributed by atoms with van der Waals surface area (Å²) in [7, 11) is 0. The summed E-state index contributed by atoms with van der Waals surface area (Å²) in [5.41, 5.74) is 5.18. The number of hydrogen-bond donors (Lipinski definition) is 3. The summed E-state index contributed by atoms with van der Waals surface area (Å²) in [5, 5.41) is 13.3. The fourth-order valence-electron chi connectivity index (χ4n) is 2.38. The molecular weight excluding hydrogens is 242 g/mol. The summed E-state index contributed by atoms with van der Waals surface area (Å²) in [6, 6.07) is 1.92. The molecule has 0 saturated carbocycles. The van der Waals surface area contributed by atoms with E-state index in [2.05, 4.69) is 20.2 Å². The van der Waals surface area contributed by atoms with Gasteiger partial charge in [0.1, 0.15) is 11.6 Å². The number of anilines is 3. The molecule has 0 aromatic carbocycles. The van der Waals surface area contributed by atoms with Crippen LogP contribution in [0.25, 0.3) is 0 Å². The Morgan fingerprint density at radius 3 is 2.95 bits per heavy atom. The molecule has 1 atom stereocenters. The van der Waals surface area contributed by atoms with Crippen molar-refractivity contribution < 1.29 is 5.11 Å². The lowest BCUT2D eigenvalue weighted by Crippen LogP contribution is -2.29. The average Bonchev–Trinajstić information content (AvgIpc) is 2.50. The fourth-order valence-corrected chi connectivity index (χ4v) is 2.38. The second-order valence-corrected chi connectivity index (χ2v) is 5.34. The molecule has 0 spiro atoms. The van der Waals surface area contributed by atoms with Gasteiger partial charge in [-0.15, -0.1) is 0 Å². The van der Waals surface area contributed by atoms with Crippen molar-refractivity contribution in [2.45, 2.75) is 38.7 Å². The summed E-state index contributed by atoms with van der Waals surface area (Å²) in [6.45, 7) is 6.38. The molecule has 0 amide bonds. The van der Waals surface area contributed by atoms with Crippen LogP contribution in [0.2, 0.25) is 0 Å². The third-order valence-corrected chi connectivity index (χ3v) is 3.48. The molecule has 1 saturated heterocycles. The van der Waals surface area contributed by atoms with Gasteiger partial charge < -0.3 is 21.1 Å². The van der Waals surface area contributed by atoms with E-state index in [0.717, 1.165) is 50.5 Å². The molecule has 19 heavy (non-hydrogen) atoms. The smallest absolute Gasteiger partial charge is 0.223 e. The van der Waals surface area contributed by atoms with Crippen molar-refractivity contribution in [3.05, 3.63) is 6.07 Å². The molecule has 6 heteroatoms. The van der Waals surface area contributed by atoms with Crippen LogP contribution in [0.1, 0.15) is 33.1 Å². The van der Waals surface area contributed by atoms with Crippen molar-refractivity contribution >= 4 is 17.6 Å². The Kier molecular flexibility index (Phi) is 4.09. The Balaban J connectivity index is 2.16. The minimum atomic E-state index is -0.572. The SMILES string of the molecule is CCNc1cc(N2CCCC(C)(O)CC2)nc(N)n1. The first kappa shape index (κ1) is 13.9. The molecule has 6 nitrogen and oxygen atoms in total. The summed E-state index contributed by atoms with van der Waals surface area (Å²) in [4.78, 5) is 10.6. The standard InChI is InChI=1S/C13H23N5O/c1-3-15-10-9-11(17-12(14)16-10)18-7-4-5-13(2,19)6-8-18/h9,19H,3-8H2,1-2H3,(H3,14,15,16,17). The van der Waals surface area contributed by atoms with Crippen LogP contribution < -0.4 is 16.0 Å². The number of nitrogens with one attached hydrogen (secondary N) is 1. The predicted molar refractivity (Wildman–Crippen MR) is 77.3 cm³/mol. The molecule has 4 N–H and O–H groups in total. The van der Waals surface area contributed by atoms with Crippen LogP contribution in [0, 0.1) is 0 Å². The van der Waals surface area contributed by atoms with Crippen LogP contribution in [-0.2, 0) is 0 Å². The summed E-state index contributed by atoms with van der Waals surface area (Å²) >= 11 is 0. The van der Waals surface area contributed by atoms with Crippen molar-refractivity contribution in [3.8, 4) is 0 Å². The third-order valence-electron chi connectivity index (χ3n) is 3.48. The lowest BCUT2D eigenvalue weighted by Gasteiger charge is -2.23. The van der Waals surface area contributed by atoms with Gasteiger partial charge in [0.25, 0.3) is 0 Å². The minimum Gasteiger partial charge on any atom is -0.390 e. The highest BCUT2D eigenvalue weighted by molar-refractivity contribution is 5.52. The van der Waals surface area contributed by atoms with Gasteiger partial charge in [-0.25, -0.2) is 0 Å². The molecule has 2 rings (SSSR count). The number of aliphatic hydroxyl groups is 1. The zero-order valence-corrected chi connectivity index (χ0v) is 11.7. The largest absolute Gasteiger partial charge is 0.390 e. The predicted octanol–water partition coefficient (Wildman–Crippen LogP) is 1.23. The Morgan fingerprint density at radius 2 is 2.21 bits per heavy atom. The molecule has 1 fully saturated rings. The fraction of sp³-hybridized carbons (Fsp3) is 0.692. The molecule has 1 aliphatic heterocycles. The maximum atomic E-state index is 10.1. The van der Waals surface area contributed by atoms with Gasteiger partial charge >= 0.3 is 0 Å². The topological polar surface area (TPSA) is 87.3 Å². The molecule has 1 aromatic heterocycles. The highest BCUT2D eigenvalue weighted by Gasteiger charge is 2.25. The van der Waals surface area contributed by atoms with Crippen molar-refractivity contribution in [2.75, 3.05) is 35.6 Å². The Labute approximate surface area is 114 Å². The molecule has 0 aliphatic carbocycles. The van der Waals surface area contributed by atoms with Crippen LogP contribution in [0.3, 0.4) is 0 Å². The second-order valence-electron chi connectivity index (χ2n) is 5.34. The van der Waals surface area contributed by atoms with Crippen molar-refractivity contribution in [2.24, 2.45) is 0 Å². The highest BCUT2D eigenvalue weighted by atomic mass is 16.3. The Hall–Kier alpha value is -1.56. The third kappa shape index (κ3) is 3.70. The summed E-state index contributed by atoms with van der Waals surface area (Å²) in [5.74, 6) is 1.87. The van der Waals surface area contributed by atoms with E-state index in [0.29, 0.717) is 0 Å². The number of nitrogens with zero attached hydrogens (tertiary/aromatic N) is 3. The van der Waals surface area contributed by atoms with Crippen LogP contribution in [0.15, 0.2) is 6.07 Å². The normalized spacial score (nSPS) is 24.1. The highest BCUT2D eigenvalue weighted by Crippen LogP contribution is 2.25. The maximum absolute atomic E-state index is 10.1. The van der Waals surface area contributed by atoms with E-state index in [-0.39, 0.29) is 5.95 Å². The van der Waals surface area contributed by atoms with Gasteiger partial charge in [-0.1, -0.05) is 0 Å². The Morgan fingerprint density at radius 1 is 1.42 bits per heavy atom. The van der Waals surface area contributed by atoms with Gasteiger partial charge in [-0.3, -0.25) is 0 Å². The van der Waals surface area contributed by atoms with Crippen LogP contribution in [0.5, 0.6) is 0 Å². The number of rotatable bonds is 3. The van der Waals surface area contributed by atoms with Crippen LogP contribution >= 0.6 is 0 Å². The van der Waals surface area contributed by atoms with E-state index < -0.39 is 5.60 Å². The van der Waals surface area contributed by atoms with Crippen LogP contribution in [-0.4, -0.2) is 40.3 Å². The average molecular weight is 265 g/mol. The van der Waals surface area contributed by atoms with Crippen molar-refractivity contribution in [1.82, 2.24) is 9.97 Å². The maximum Gasteiger partial charge on any atom is 0.223 e. The minimum absolute atomic E-state index is 0.282. The quantitative estimate of drug-likeness (QED) is 0.762. The van der Waals surface area contributed by atoms with Gasteiger partial charge in [-0.2, -0.15) is 9.97 Å². The van der Waals surface area contributed by atoms with E-state index in [1.54, 1.807) is 0 Å². The zero-order chi connectivity index (χ0) is 13.9. The van der Waals surface area contributed by atoms with Gasteiger partial charge in [0, 0.05) is 25.7 Å². The molecule has 0 radical (unpaired) electrons. The molecule has 1 aromatic rings. The Bertz CT molecular complexity index is 435. The van der Waals surface area contributed by atoms with Gasteiger partial charge in [0.15, 0.2) is 0 Å². The van der Waals surface area contributed by atoms with Gasteiger partial charge in [0.2, 0.25) is 5.95 Å². The number of nitrogens with two attached hydrogens (primary N) is 1. The van der Waals surface area contributed by atoms with E-state index >= 15 is 0 Å². The van der Waals surface area contributed by atoms with E-state index in [1.807, 2.05) is 19.9 Å². The van der Waals surface area contributed by atoms with E-state index in [9.17, 15) is 5.11 Å². The molecule has 2 heterocycles. The first-order valence-corrected chi connectivity index (χ1v) is 6.86. The molecular formula is C13H23N5O. The lowest BCUT2D eigenvalue weighted by atomic mass is 9.98. The summed E-state index contributed by atoms with van der Waals surface area (Å²) < 4.78 is 0. The first-order chi connectivity index (χ1) is 9.00.